The van der Waals surface area contributed by atoms with Crippen LogP contribution in [0.4, 0.5) is 5.69 Å². The molecule has 1 aliphatic heterocycles. The fraction of sp³-hybridized carbons (Fsp3) is 0.348. The zero-order valence-corrected chi connectivity index (χ0v) is 17.2. The van der Waals surface area contributed by atoms with E-state index in [1.807, 2.05) is 19.1 Å². The molecule has 2 aromatic carbocycles. The van der Waals surface area contributed by atoms with Gasteiger partial charge in [0, 0.05) is 23.2 Å². The first-order valence-corrected chi connectivity index (χ1v) is 9.98. The van der Waals surface area contributed by atoms with E-state index in [0.29, 0.717) is 36.3 Å². The number of aryl methyl sites for hydroxylation is 1. The highest BCUT2D eigenvalue weighted by molar-refractivity contribution is 6.05. The van der Waals surface area contributed by atoms with Gasteiger partial charge in [-0.05, 0) is 81.1 Å². The SMILES string of the molecule is CCOC(=O)CCC1(C)CCc2cc(NC(=O)c3ccc(C(N)=O)cc3)ccc2O1. The van der Waals surface area contributed by atoms with Crippen molar-refractivity contribution in [1.82, 2.24) is 0 Å². The largest absolute Gasteiger partial charge is 0.487 e. The second kappa shape index (κ2) is 8.98. The summed E-state index contributed by atoms with van der Waals surface area (Å²) in [5.74, 6) is -0.265. The second-order valence-corrected chi connectivity index (χ2v) is 7.58. The summed E-state index contributed by atoms with van der Waals surface area (Å²) in [5.41, 5.74) is 7.25. The Morgan fingerprint density at radius 2 is 1.83 bits per heavy atom. The van der Waals surface area contributed by atoms with Crippen LogP contribution in [0.2, 0.25) is 0 Å². The van der Waals surface area contributed by atoms with E-state index in [-0.39, 0.29) is 11.9 Å². The minimum absolute atomic E-state index is 0.213. The minimum atomic E-state index is -0.536. The number of anilines is 1. The maximum Gasteiger partial charge on any atom is 0.305 e. The highest BCUT2D eigenvalue weighted by Crippen LogP contribution is 2.37. The van der Waals surface area contributed by atoms with Crippen molar-refractivity contribution in [2.24, 2.45) is 5.73 Å². The summed E-state index contributed by atoms with van der Waals surface area (Å²) < 4.78 is 11.2. The van der Waals surface area contributed by atoms with E-state index in [9.17, 15) is 14.4 Å². The number of carbonyl (C=O) groups is 3. The molecule has 2 aromatic rings. The van der Waals surface area contributed by atoms with Gasteiger partial charge in [0.25, 0.3) is 5.91 Å². The monoisotopic (exact) mass is 410 g/mol. The van der Waals surface area contributed by atoms with Crippen molar-refractivity contribution in [1.29, 1.82) is 0 Å². The average molecular weight is 410 g/mol. The Bertz CT molecular complexity index is 955. The number of benzene rings is 2. The van der Waals surface area contributed by atoms with Crippen LogP contribution in [0.3, 0.4) is 0 Å². The predicted molar refractivity (Wildman–Crippen MR) is 113 cm³/mol. The van der Waals surface area contributed by atoms with Gasteiger partial charge >= 0.3 is 5.97 Å². The Hall–Kier alpha value is -3.35. The fourth-order valence-electron chi connectivity index (χ4n) is 3.43. The van der Waals surface area contributed by atoms with Gasteiger partial charge in [-0.15, -0.1) is 0 Å². The molecule has 1 unspecified atom stereocenters. The molecule has 1 atom stereocenters. The Labute approximate surface area is 175 Å². The second-order valence-electron chi connectivity index (χ2n) is 7.58. The van der Waals surface area contributed by atoms with Gasteiger partial charge in [-0.25, -0.2) is 0 Å². The molecule has 1 aliphatic rings. The van der Waals surface area contributed by atoms with Gasteiger partial charge in [-0.3, -0.25) is 14.4 Å². The summed E-state index contributed by atoms with van der Waals surface area (Å²) in [7, 11) is 0. The average Bonchev–Trinajstić information content (AvgIpc) is 2.73. The molecule has 0 fully saturated rings. The molecule has 3 N–H and O–H groups in total. The molecule has 0 saturated carbocycles. The third kappa shape index (κ3) is 5.17. The van der Waals surface area contributed by atoms with Crippen LogP contribution >= 0.6 is 0 Å². The van der Waals surface area contributed by atoms with Crippen molar-refractivity contribution >= 4 is 23.5 Å². The van der Waals surface area contributed by atoms with Crippen LogP contribution in [0.1, 0.15) is 59.4 Å². The lowest BCUT2D eigenvalue weighted by atomic mass is 9.88. The van der Waals surface area contributed by atoms with E-state index < -0.39 is 11.5 Å². The quantitative estimate of drug-likeness (QED) is 0.680. The van der Waals surface area contributed by atoms with Gasteiger partial charge in [0.15, 0.2) is 0 Å². The lowest BCUT2D eigenvalue weighted by molar-refractivity contribution is -0.144. The van der Waals surface area contributed by atoms with Crippen molar-refractivity contribution < 1.29 is 23.9 Å². The van der Waals surface area contributed by atoms with Crippen molar-refractivity contribution in [3.05, 3.63) is 59.2 Å². The topological polar surface area (TPSA) is 108 Å². The summed E-state index contributed by atoms with van der Waals surface area (Å²) in [4.78, 5) is 35.3. The number of nitrogens with one attached hydrogen (secondary N) is 1. The summed E-state index contributed by atoms with van der Waals surface area (Å²) in [6, 6.07) is 11.7. The van der Waals surface area contributed by atoms with Crippen LogP contribution in [-0.2, 0) is 16.0 Å². The molecule has 0 spiro atoms. The van der Waals surface area contributed by atoms with Crippen LogP contribution in [0.25, 0.3) is 0 Å². The van der Waals surface area contributed by atoms with Crippen LogP contribution in [0.5, 0.6) is 5.75 Å². The van der Waals surface area contributed by atoms with Crippen LogP contribution in [0.15, 0.2) is 42.5 Å². The Morgan fingerprint density at radius 3 is 2.50 bits per heavy atom. The molecule has 0 aliphatic carbocycles. The summed E-state index contributed by atoms with van der Waals surface area (Å²) in [5, 5.41) is 2.86. The number of ether oxygens (including phenoxy) is 2. The fourth-order valence-corrected chi connectivity index (χ4v) is 3.43. The van der Waals surface area contributed by atoms with Gasteiger partial charge in [-0.1, -0.05) is 0 Å². The van der Waals surface area contributed by atoms with E-state index >= 15 is 0 Å². The Kier molecular flexibility index (Phi) is 6.40. The van der Waals surface area contributed by atoms with Gasteiger partial charge in [0.1, 0.15) is 11.4 Å². The molecule has 30 heavy (non-hydrogen) atoms. The molecule has 158 valence electrons. The number of hydrogen-bond acceptors (Lipinski definition) is 5. The van der Waals surface area contributed by atoms with E-state index in [0.717, 1.165) is 24.2 Å². The Balaban J connectivity index is 1.63. The van der Waals surface area contributed by atoms with Crippen molar-refractivity contribution in [3.8, 4) is 5.75 Å². The molecular formula is C23H26N2O5. The summed E-state index contributed by atoms with van der Waals surface area (Å²) >= 11 is 0. The first-order chi connectivity index (χ1) is 14.3. The van der Waals surface area contributed by atoms with Crippen LogP contribution in [0, 0.1) is 0 Å². The maximum absolute atomic E-state index is 12.5. The molecule has 0 radical (unpaired) electrons. The zero-order chi connectivity index (χ0) is 21.7. The molecule has 0 aromatic heterocycles. The van der Waals surface area contributed by atoms with Gasteiger partial charge in [-0.2, -0.15) is 0 Å². The zero-order valence-electron chi connectivity index (χ0n) is 17.2. The number of nitrogens with two attached hydrogens (primary N) is 1. The molecule has 1 heterocycles. The number of amides is 2. The molecule has 7 nitrogen and oxygen atoms in total. The van der Waals surface area contributed by atoms with Crippen LogP contribution in [-0.4, -0.2) is 30.0 Å². The highest BCUT2D eigenvalue weighted by Gasteiger charge is 2.32. The van der Waals surface area contributed by atoms with Crippen molar-refractivity contribution in [2.45, 2.75) is 45.1 Å². The summed E-state index contributed by atoms with van der Waals surface area (Å²) in [6.45, 7) is 4.17. The molecular weight excluding hydrogens is 384 g/mol. The summed E-state index contributed by atoms with van der Waals surface area (Å²) in [6.07, 6.45) is 2.46. The van der Waals surface area contributed by atoms with E-state index in [2.05, 4.69) is 5.32 Å². The highest BCUT2D eigenvalue weighted by atomic mass is 16.5. The number of hydrogen-bond donors (Lipinski definition) is 2. The van der Waals surface area contributed by atoms with E-state index in [1.165, 1.54) is 12.1 Å². The van der Waals surface area contributed by atoms with Crippen molar-refractivity contribution in [3.63, 3.8) is 0 Å². The number of fused-ring (bicyclic) bond motifs is 1. The van der Waals surface area contributed by atoms with Crippen molar-refractivity contribution in [2.75, 3.05) is 11.9 Å². The molecule has 7 heteroatoms. The van der Waals surface area contributed by atoms with Gasteiger partial charge in [0.05, 0.1) is 6.61 Å². The standard InChI is InChI=1S/C23H26N2O5/c1-3-29-20(26)11-13-23(2)12-10-17-14-18(8-9-19(17)30-23)25-22(28)16-6-4-15(5-7-16)21(24)27/h4-9,14H,3,10-13H2,1-2H3,(H2,24,27)(H,25,28). The number of carbonyl (C=O) groups excluding carboxylic acids is 3. The van der Waals surface area contributed by atoms with Crippen LogP contribution < -0.4 is 15.8 Å². The normalized spacial score (nSPS) is 17.4. The number of esters is 1. The third-order valence-corrected chi connectivity index (χ3v) is 5.19. The molecule has 0 saturated heterocycles. The number of primary amides is 1. The molecule has 2 amide bonds. The minimum Gasteiger partial charge on any atom is -0.487 e. The molecule has 0 bridgehead atoms. The maximum atomic E-state index is 12.5. The Morgan fingerprint density at radius 1 is 1.13 bits per heavy atom. The van der Waals surface area contributed by atoms with Gasteiger partial charge in [0.2, 0.25) is 5.91 Å². The lowest BCUT2D eigenvalue weighted by Crippen LogP contribution is -2.37. The first-order valence-electron chi connectivity index (χ1n) is 9.98. The molecule has 3 rings (SSSR count). The van der Waals surface area contributed by atoms with E-state index in [1.54, 1.807) is 25.1 Å². The smallest absolute Gasteiger partial charge is 0.305 e. The number of rotatable bonds is 7. The third-order valence-electron chi connectivity index (χ3n) is 5.19. The predicted octanol–water partition coefficient (Wildman–Crippen LogP) is 3.46. The first kappa shape index (κ1) is 21.4. The van der Waals surface area contributed by atoms with E-state index in [4.69, 9.17) is 15.2 Å². The lowest BCUT2D eigenvalue weighted by Gasteiger charge is -2.36. The van der Waals surface area contributed by atoms with Gasteiger partial charge < -0.3 is 20.5 Å².